The molecular weight excluding hydrogens is 547 g/mol. The molecule has 0 unspecified atom stereocenters. The summed E-state index contributed by atoms with van der Waals surface area (Å²) in [4.78, 5) is 0. The summed E-state index contributed by atoms with van der Waals surface area (Å²) in [5, 5.41) is 6.28. The molecule has 2 aliphatic heterocycles. The molecule has 3 aliphatic rings. The molecule has 0 fully saturated rings. The molecule has 0 bridgehead atoms. The molecule has 4 heteroatoms. The van der Waals surface area contributed by atoms with Crippen LogP contribution in [-0.4, -0.2) is 15.9 Å². The molecule has 12 rings (SSSR count). The fourth-order valence-corrected chi connectivity index (χ4v) is 9.61. The molecule has 0 atom stereocenters. The van der Waals surface area contributed by atoms with Crippen LogP contribution >= 0.6 is 0 Å². The van der Waals surface area contributed by atoms with Gasteiger partial charge in [0.1, 0.15) is 11.1 Å². The third-order valence-corrected chi connectivity index (χ3v) is 11.2. The molecule has 3 nitrogen and oxygen atoms in total. The first-order valence-corrected chi connectivity index (χ1v) is 15.9. The Balaban J connectivity index is 1.37. The monoisotopic (exact) mass is 572 g/mol. The highest BCUT2D eigenvalue weighted by atomic mass is 16.3. The first-order chi connectivity index (χ1) is 22.1. The smallest absolute Gasteiger partial charge is 0.332 e. The van der Waals surface area contributed by atoms with E-state index in [1.54, 1.807) is 0 Å². The standard InChI is InChI=1S/C41H25BN2O/c1-41(2)29-18-7-5-13-24(29)34-27-16-9-15-26-33-23-12-4-3-11-22(23)21-31-35(33)42(44(36(26)27)40(34)41)30-19-10-17-28-37(30)43(31)38-25-14-6-8-20-32(25)45-39(28)38/h3-21H,1-2H3. The second-order valence-corrected chi connectivity index (χ2v) is 13.6. The van der Waals surface area contributed by atoms with Crippen molar-refractivity contribution in [1.29, 1.82) is 0 Å². The summed E-state index contributed by atoms with van der Waals surface area (Å²) in [6.07, 6.45) is 0. The van der Waals surface area contributed by atoms with Gasteiger partial charge in [0.25, 0.3) is 0 Å². The van der Waals surface area contributed by atoms with Crippen LogP contribution in [0.25, 0.3) is 82.6 Å². The fraction of sp³-hybridized carbons (Fsp3) is 0.0732. The highest BCUT2D eigenvalue weighted by Crippen LogP contribution is 2.56. The summed E-state index contributed by atoms with van der Waals surface area (Å²) in [5.41, 5.74) is 17.8. The molecule has 0 saturated heterocycles. The zero-order valence-corrected chi connectivity index (χ0v) is 24.8. The quantitative estimate of drug-likeness (QED) is 0.167. The minimum atomic E-state index is -0.145. The van der Waals surface area contributed by atoms with Crippen molar-refractivity contribution in [3.63, 3.8) is 0 Å². The number of hydrogen-bond acceptors (Lipinski definition) is 1. The van der Waals surface area contributed by atoms with Crippen LogP contribution in [0.1, 0.15) is 25.1 Å². The molecule has 3 aromatic heterocycles. The number of aromatic nitrogens is 2. The van der Waals surface area contributed by atoms with Crippen LogP contribution in [0.4, 0.5) is 0 Å². The lowest BCUT2D eigenvalue weighted by atomic mass is 9.45. The molecule has 0 amide bonds. The Labute approximate surface area is 259 Å². The second kappa shape index (κ2) is 7.25. The second-order valence-electron chi connectivity index (χ2n) is 13.6. The first kappa shape index (κ1) is 23.0. The van der Waals surface area contributed by atoms with Crippen molar-refractivity contribution in [3.05, 3.63) is 127 Å². The zero-order chi connectivity index (χ0) is 29.3. The van der Waals surface area contributed by atoms with Gasteiger partial charge in [0.2, 0.25) is 0 Å². The maximum absolute atomic E-state index is 6.67. The predicted molar refractivity (Wildman–Crippen MR) is 187 cm³/mol. The summed E-state index contributed by atoms with van der Waals surface area (Å²) in [7, 11) is 0. The fourth-order valence-electron chi connectivity index (χ4n) is 9.61. The van der Waals surface area contributed by atoms with Crippen LogP contribution in [0.3, 0.4) is 0 Å². The molecular formula is C41H25BN2O. The van der Waals surface area contributed by atoms with E-state index in [0.717, 1.165) is 16.6 Å². The summed E-state index contributed by atoms with van der Waals surface area (Å²) in [6, 6.07) is 42.8. The van der Waals surface area contributed by atoms with Crippen LogP contribution in [0.15, 0.2) is 120 Å². The number of benzene rings is 6. The molecule has 5 heterocycles. The third kappa shape index (κ3) is 2.36. The van der Waals surface area contributed by atoms with Crippen molar-refractivity contribution in [2.75, 3.05) is 0 Å². The maximum Gasteiger partial charge on any atom is 0.332 e. The van der Waals surface area contributed by atoms with Gasteiger partial charge in [-0.25, -0.2) is 0 Å². The largest absolute Gasteiger partial charge is 0.454 e. The lowest BCUT2D eigenvalue weighted by molar-refractivity contribution is 0.632. The van der Waals surface area contributed by atoms with E-state index in [9.17, 15) is 0 Å². The van der Waals surface area contributed by atoms with Gasteiger partial charge < -0.3 is 13.5 Å². The normalized spacial score (nSPS) is 15.0. The Morgan fingerprint density at radius 2 is 1.36 bits per heavy atom. The Morgan fingerprint density at radius 3 is 2.29 bits per heavy atom. The average Bonchev–Trinajstić information content (AvgIpc) is 3.78. The first-order valence-electron chi connectivity index (χ1n) is 15.9. The number of hydrogen-bond donors (Lipinski definition) is 0. The summed E-state index contributed by atoms with van der Waals surface area (Å²) in [5.74, 6) is 0. The maximum atomic E-state index is 6.67. The SMILES string of the molecule is CC1(C)c2ccccc2-c2c1n1c3c(cccc23)-c2c3c(cc4ccccc24)-n2c4c(cccc4c4oc5ccccc5c42)B31. The van der Waals surface area contributed by atoms with E-state index >= 15 is 0 Å². The van der Waals surface area contributed by atoms with Gasteiger partial charge in [0, 0.05) is 49.6 Å². The van der Waals surface area contributed by atoms with Gasteiger partial charge in [-0.2, -0.15) is 0 Å². The number of para-hydroxylation sites is 3. The van der Waals surface area contributed by atoms with E-state index in [1.165, 1.54) is 88.2 Å². The van der Waals surface area contributed by atoms with Crippen molar-refractivity contribution in [1.82, 2.24) is 9.05 Å². The topological polar surface area (TPSA) is 23.0 Å². The van der Waals surface area contributed by atoms with Crippen LogP contribution in [0.2, 0.25) is 0 Å². The summed E-state index contributed by atoms with van der Waals surface area (Å²) >= 11 is 0. The van der Waals surface area contributed by atoms with Gasteiger partial charge in [0.05, 0.1) is 5.52 Å². The van der Waals surface area contributed by atoms with Gasteiger partial charge in [-0.1, -0.05) is 105 Å². The molecule has 208 valence electrons. The zero-order valence-electron chi connectivity index (χ0n) is 24.8. The molecule has 6 aromatic carbocycles. The molecule has 1 aliphatic carbocycles. The molecule has 0 saturated carbocycles. The van der Waals surface area contributed by atoms with Crippen LogP contribution < -0.4 is 10.9 Å². The highest BCUT2D eigenvalue weighted by molar-refractivity contribution is 6.90. The van der Waals surface area contributed by atoms with E-state index in [0.29, 0.717) is 0 Å². The number of rotatable bonds is 0. The van der Waals surface area contributed by atoms with E-state index in [2.05, 4.69) is 138 Å². The van der Waals surface area contributed by atoms with Gasteiger partial charge in [-0.05, 0) is 62.7 Å². The van der Waals surface area contributed by atoms with Crippen molar-refractivity contribution < 1.29 is 4.42 Å². The van der Waals surface area contributed by atoms with Crippen molar-refractivity contribution in [2.24, 2.45) is 0 Å². The molecule has 0 spiro atoms. The Bertz CT molecular complexity index is 2860. The van der Waals surface area contributed by atoms with Crippen LogP contribution in [0.5, 0.6) is 0 Å². The summed E-state index contributed by atoms with van der Waals surface area (Å²) in [6.45, 7) is 4.88. The van der Waals surface area contributed by atoms with Gasteiger partial charge in [-0.15, -0.1) is 0 Å². The van der Waals surface area contributed by atoms with Crippen molar-refractivity contribution in [2.45, 2.75) is 19.3 Å². The average molecular weight is 572 g/mol. The van der Waals surface area contributed by atoms with Crippen molar-refractivity contribution in [3.8, 4) is 27.9 Å². The van der Waals surface area contributed by atoms with Crippen molar-refractivity contribution >= 4 is 72.4 Å². The lowest BCUT2D eigenvalue weighted by Crippen LogP contribution is -2.56. The minimum Gasteiger partial charge on any atom is -0.454 e. The van der Waals surface area contributed by atoms with E-state index in [1.807, 2.05) is 0 Å². The number of furan rings is 1. The molecule has 0 N–H and O–H groups in total. The Kier molecular flexibility index (Phi) is 3.70. The lowest BCUT2D eigenvalue weighted by Gasteiger charge is -2.37. The number of fused-ring (bicyclic) bond motifs is 16. The van der Waals surface area contributed by atoms with E-state index in [-0.39, 0.29) is 12.3 Å². The Hall–Kier alpha value is -5.48. The van der Waals surface area contributed by atoms with E-state index in [4.69, 9.17) is 4.42 Å². The molecule has 0 radical (unpaired) electrons. The van der Waals surface area contributed by atoms with E-state index < -0.39 is 0 Å². The predicted octanol–water partition coefficient (Wildman–Crippen LogP) is 8.89. The van der Waals surface area contributed by atoms with Gasteiger partial charge >= 0.3 is 6.85 Å². The molecule has 45 heavy (non-hydrogen) atoms. The van der Waals surface area contributed by atoms with Gasteiger partial charge in [0.15, 0.2) is 5.58 Å². The number of nitrogens with zero attached hydrogens (tertiary/aromatic N) is 2. The third-order valence-electron chi connectivity index (χ3n) is 11.2. The highest BCUT2D eigenvalue weighted by Gasteiger charge is 2.48. The molecule has 9 aromatic rings. The van der Waals surface area contributed by atoms with Crippen LogP contribution in [0, 0.1) is 0 Å². The van der Waals surface area contributed by atoms with Gasteiger partial charge in [-0.3, -0.25) is 0 Å². The minimum absolute atomic E-state index is 0.0378. The summed E-state index contributed by atoms with van der Waals surface area (Å²) < 4.78 is 11.9. The van der Waals surface area contributed by atoms with Crippen LogP contribution in [-0.2, 0) is 5.41 Å². The Morgan fingerprint density at radius 1 is 0.622 bits per heavy atom.